The number of imide groups is 2. The number of anilines is 3. The lowest BCUT2D eigenvalue weighted by Gasteiger charge is -2.38. The van der Waals surface area contributed by atoms with Gasteiger partial charge >= 0.3 is 0 Å². The van der Waals surface area contributed by atoms with Gasteiger partial charge in [-0.15, -0.1) is 5.10 Å². The summed E-state index contributed by atoms with van der Waals surface area (Å²) in [6.45, 7) is 3.56. The van der Waals surface area contributed by atoms with E-state index < -0.39 is 47.7 Å². The zero-order chi connectivity index (χ0) is 41.7. The van der Waals surface area contributed by atoms with E-state index >= 15 is 0 Å². The molecule has 9 rings (SSSR count). The monoisotopic (exact) mass is 846 g/mol. The number of carbonyl (C=O) groups is 5. The summed E-state index contributed by atoms with van der Waals surface area (Å²) in [5.74, 6) is -2.16. The van der Waals surface area contributed by atoms with E-state index in [-0.39, 0.29) is 47.4 Å². The first kappa shape index (κ1) is 40.2. The number of morpholine rings is 1. The molecule has 1 aromatic carbocycles. The Morgan fingerprint density at radius 3 is 2.45 bits per heavy atom. The number of amides is 5. The maximum Gasteiger partial charge on any atom is 0.284 e. The Kier molecular flexibility index (Phi) is 11.1. The first-order chi connectivity index (χ1) is 29.0. The molecule has 5 aliphatic rings. The normalized spacial score (nSPS) is 25.1. The maximum absolute atomic E-state index is 14.2. The quantitative estimate of drug-likeness (QED) is 0.171. The molecule has 16 nitrogen and oxygen atoms in total. The van der Waals surface area contributed by atoms with Gasteiger partial charge in [0.25, 0.3) is 24.1 Å². The third kappa shape index (κ3) is 7.77. The standard InChI is InChI=1S/C41H48F2N10O6S/c1-49(25-11-7-24(8-12-25)44-28-4-2-3-27-34(28)40(58)52(39(27)57)30-13-15-32(54)46-37(30)55)21-23-5-9-26(10-6-23)51-22-29(35(47-51)36(42)43)45-38(56)31-14-16-33-53(31)48-41(60-33)50-17-19-59-20-18-50/h2-4,14,16,22-26,30,36,44H,5-13,15,17-21H2,1H3,(H,45,56)(H,46,54,55)/t23?,24-,25-,26?,30?. The molecule has 0 radical (unpaired) electrons. The SMILES string of the molecule is CN(CC1CCC(n2cc(NC(=O)c3ccc4sc(N5CCOCC5)nn34)c(C(F)F)n2)CC1)[C@H]1CC[C@H](Nc2cccc3c2C(=O)N(C2CCC(=O)NC2=O)C3=O)CC1. The van der Waals surface area contributed by atoms with E-state index in [2.05, 4.69) is 43.0 Å². The highest BCUT2D eigenvalue weighted by atomic mass is 32.1. The number of ether oxygens (including phenoxy) is 1. The highest BCUT2D eigenvalue weighted by Gasteiger charge is 2.46. The summed E-state index contributed by atoms with van der Waals surface area (Å²) in [7, 11) is 2.16. The minimum Gasteiger partial charge on any atom is -0.382 e. The number of aromatic nitrogens is 4. The molecule has 3 aromatic heterocycles. The molecule has 1 unspecified atom stereocenters. The summed E-state index contributed by atoms with van der Waals surface area (Å²) in [5, 5.41) is 18.2. The number of carbonyl (C=O) groups excluding carboxylic acids is 5. The maximum atomic E-state index is 14.2. The molecule has 5 amide bonds. The molecule has 2 aliphatic carbocycles. The number of fused-ring (bicyclic) bond motifs is 2. The van der Waals surface area contributed by atoms with E-state index in [1.165, 1.54) is 11.3 Å². The highest BCUT2D eigenvalue weighted by Crippen LogP contribution is 2.38. The van der Waals surface area contributed by atoms with E-state index in [0.29, 0.717) is 44.0 Å². The predicted molar refractivity (Wildman–Crippen MR) is 218 cm³/mol. The van der Waals surface area contributed by atoms with Crippen molar-refractivity contribution in [1.29, 1.82) is 0 Å². The predicted octanol–water partition coefficient (Wildman–Crippen LogP) is 5.11. The smallest absolute Gasteiger partial charge is 0.284 e. The van der Waals surface area contributed by atoms with Crippen molar-refractivity contribution in [1.82, 2.24) is 34.5 Å². The van der Waals surface area contributed by atoms with Crippen LogP contribution in [0.3, 0.4) is 0 Å². The minimum atomic E-state index is -2.85. The van der Waals surface area contributed by atoms with Gasteiger partial charge in [-0.05, 0) is 95.0 Å². The Balaban J connectivity index is 0.762. The van der Waals surface area contributed by atoms with E-state index in [4.69, 9.17) is 4.74 Å². The van der Waals surface area contributed by atoms with Gasteiger partial charge in [0.05, 0.1) is 36.1 Å². The van der Waals surface area contributed by atoms with Gasteiger partial charge < -0.3 is 25.2 Å². The Labute approximate surface area is 348 Å². The van der Waals surface area contributed by atoms with Crippen molar-refractivity contribution >= 4 is 62.2 Å². The molecule has 6 heterocycles. The third-order valence-electron chi connectivity index (χ3n) is 12.8. The lowest BCUT2D eigenvalue weighted by atomic mass is 9.84. The second-order valence-corrected chi connectivity index (χ2v) is 17.5. The molecule has 2 saturated carbocycles. The molecular weight excluding hydrogens is 799 g/mol. The van der Waals surface area contributed by atoms with Gasteiger partial charge in [-0.3, -0.25) is 38.9 Å². The van der Waals surface area contributed by atoms with Crippen molar-refractivity contribution in [2.24, 2.45) is 5.92 Å². The zero-order valence-corrected chi connectivity index (χ0v) is 34.1. The number of halogens is 2. The van der Waals surface area contributed by atoms with Crippen LogP contribution in [0.2, 0.25) is 0 Å². The molecule has 2 saturated heterocycles. The van der Waals surface area contributed by atoms with Crippen LogP contribution in [-0.2, 0) is 14.3 Å². The van der Waals surface area contributed by atoms with Gasteiger partial charge in [-0.2, -0.15) is 5.10 Å². The lowest BCUT2D eigenvalue weighted by molar-refractivity contribution is -0.136. The summed E-state index contributed by atoms with van der Waals surface area (Å²) in [6, 6.07) is 8.02. The second-order valence-electron chi connectivity index (χ2n) is 16.6. The van der Waals surface area contributed by atoms with Crippen LogP contribution in [0.25, 0.3) is 4.83 Å². The van der Waals surface area contributed by atoms with Crippen molar-refractivity contribution in [3.05, 3.63) is 59.0 Å². The number of nitrogens with one attached hydrogen (secondary N) is 3. The number of hydrogen-bond donors (Lipinski definition) is 3. The number of alkyl halides is 2. The Bertz CT molecular complexity index is 2310. The number of rotatable bonds is 11. The molecule has 0 bridgehead atoms. The summed E-state index contributed by atoms with van der Waals surface area (Å²) in [5.41, 5.74) is 0.939. The fourth-order valence-corrected chi connectivity index (χ4v) is 10.5. The number of piperidine rings is 1. The fourth-order valence-electron chi connectivity index (χ4n) is 9.55. The van der Waals surface area contributed by atoms with Gasteiger partial charge in [0.2, 0.25) is 16.9 Å². The molecule has 4 aromatic rings. The van der Waals surface area contributed by atoms with Crippen LogP contribution >= 0.6 is 11.3 Å². The summed E-state index contributed by atoms with van der Waals surface area (Å²) >= 11 is 1.46. The fraction of sp³-hybridized carbons (Fsp3) is 0.537. The molecular formula is C41H48F2N10O6S. The van der Waals surface area contributed by atoms with Gasteiger partial charge in [-0.25, -0.2) is 13.3 Å². The first-order valence-electron chi connectivity index (χ1n) is 20.8. The third-order valence-corrected chi connectivity index (χ3v) is 13.9. The number of benzene rings is 1. The molecule has 19 heteroatoms. The van der Waals surface area contributed by atoms with Crippen LogP contribution in [0.4, 0.5) is 25.3 Å². The highest BCUT2D eigenvalue weighted by molar-refractivity contribution is 7.20. The van der Waals surface area contributed by atoms with Crippen molar-refractivity contribution in [2.75, 3.05) is 55.4 Å². The molecule has 318 valence electrons. The first-order valence-corrected chi connectivity index (χ1v) is 21.6. The van der Waals surface area contributed by atoms with Gasteiger partial charge in [0.15, 0.2) is 5.69 Å². The summed E-state index contributed by atoms with van der Waals surface area (Å²) in [4.78, 5) is 70.8. The molecule has 3 aliphatic heterocycles. The number of hydrogen-bond acceptors (Lipinski definition) is 12. The average molecular weight is 847 g/mol. The molecule has 0 spiro atoms. The van der Waals surface area contributed by atoms with Gasteiger partial charge in [0.1, 0.15) is 16.6 Å². The van der Waals surface area contributed by atoms with Crippen LogP contribution in [0.15, 0.2) is 36.5 Å². The van der Waals surface area contributed by atoms with E-state index in [1.54, 1.807) is 45.7 Å². The van der Waals surface area contributed by atoms with Crippen molar-refractivity contribution in [3.63, 3.8) is 0 Å². The molecule has 60 heavy (non-hydrogen) atoms. The van der Waals surface area contributed by atoms with Gasteiger partial charge in [0, 0.05) is 50.0 Å². The molecule has 4 fully saturated rings. The van der Waals surface area contributed by atoms with Crippen LogP contribution in [0, 0.1) is 5.92 Å². The van der Waals surface area contributed by atoms with Crippen LogP contribution in [0.1, 0.15) is 114 Å². The molecule has 1 atom stereocenters. The Morgan fingerprint density at radius 1 is 0.950 bits per heavy atom. The molecule has 3 N–H and O–H groups in total. The van der Waals surface area contributed by atoms with Crippen LogP contribution in [0.5, 0.6) is 0 Å². The van der Waals surface area contributed by atoms with Crippen molar-refractivity contribution in [3.8, 4) is 0 Å². The van der Waals surface area contributed by atoms with E-state index in [9.17, 15) is 32.8 Å². The van der Waals surface area contributed by atoms with E-state index in [0.717, 1.165) is 72.8 Å². The van der Waals surface area contributed by atoms with Crippen LogP contribution in [-0.4, -0.2) is 117 Å². The van der Waals surface area contributed by atoms with E-state index in [1.807, 2.05) is 0 Å². The largest absolute Gasteiger partial charge is 0.382 e. The topological polar surface area (TPSA) is 176 Å². The van der Waals surface area contributed by atoms with Crippen molar-refractivity contribution < 1.29 is 37.5 Å². The summed E-state index contributed by atoms with van der Waals surface area (Å²) < 4.78 is 37.1. The van der Waals surface area contributed by atoms with Crippen molar-refractivity contribution in [2.45, 2.75) is 94.8 Å². The average Bonchev–Trinajstić information content (AvgIpc) is 4.02. The minimum absolute atomic E-state index is 0.00599. The number of nitrogens with zero attached hydrogens (tertiary/aromatic N) is 7. The van der Waals surface area contributed by atoms with Crippen LogP contribution < -0.4 is 20.9 Å². The Morgan fingerprint density at radius 2 is 1.72 bits per heavy atom. The summed E-state index contributed by atoms with van der Waals surface area (Å²) in [6.07, 6.45) is 5.97. The van der Waals surface area contributed by atoms with Gasteiger partial charge in [-0.1, -0.05) is 17.4 Å². The zero-order valence-electron chi connectivity index (χ0n) is 33.3. The Hall–Kier alpha value is -5.27. The lowest BCUT2D eigenvalue weighted by Crippen LogP contribution is -2.54. The second kappa shape index (κ2) is 16.6.